The Hall–Kier alpha value is -2.11. The molecule has 0 bridgehead atoms. The lowest BCUT2D eigenvalue weighted by Crippen LogP contribution is -2.42. The van der Waals surface area contributed by atoms with E-state index >= 15 is 0 Å². The van der Waals surface area contributed by atoms with Crippen LogP contribution in [0.1, 0.15) is 28.8 Å². The number of hydrogen-bond donors (Lipinski definition) is 2. The van der Waals surface area contributed by atoms with E-state index in [0.29, 0.717) is 6.42 Å². The monoisotopic (exact) mass is 343 g/mol. The molecule has 0 radical (unpaired) electrons. The summed E-state index contributed by atoms with van der Waals surface area (Å²) in [6.07, 6.45) is 5.73. The highest BCUT2D eigenvalue weighted by Crippen LogP contribution is 2.36. The number of nitrogens with one attached hydrogen (secondary N) is 1. The molecule has 2 aromatic rings. The van der Waals surface area contributed by atoms with Crippen molar-refractivity contribution in [2.75, 3.05) is 13.7 Å². The smallest absolute Gasteiger partial charge is 0.244 e. The molecule has 0 saturated carbocycles. The summed E-state index contributed by atoms with van der Waals surface area (Å²) in [7, 11) is 1.64. The summed E-state index contributed by atoms with van der Waals surface area (Å²) in [5.41, 5.74) is 0.954. The van der Waals surface area contributed by atoms with E-state index in [1.807, 2.05) is 35.7 Å². The highest BCUT2D eigenvalue weighted by atomic mass is 32.1. The first-order valence-corrected chi connectivity index (χ1v) is 8.88. The molecule has 1 heterocycles. The van der Waals surface area contributed by atoms with Crippen LogP contribution in [0.25, 0.3) is 6.08 Å². The first kappa shape index (κ1) is 16.7. The van der Waals surface area contributed by atoms with E-state index in [-0.39, 0.29) is 12.5 Å². The number of fused-ring (bicyclic) bond motifs is 1. The third-order valence-corrected chi connectivity index (χ3v) is 5.19. The first-order valence-electron chi connectivity index (χ1n) is 8.00. The van der Waals surface area contributed by atoms with Crippen molar-refractivity contribution in [3.8, 4) is 5.75 Å². The Morgan fingerprint density at radius 3 is 3.08 bits per heavy atom. The predicted molar refractivity (Wildman–Crippen MR) is 96.2 cm³/mol. The molecule has 0 unspecified atom stereocenters. The van der Waals surface area contributed by atoms with E-state index in [1.165, 1.54) is 6.08 Å². The van der Waals surface area contributed by atoms with Crippen LogP contribution in [0.3, 0.4) is 0 Å². The molecule has 4 nitrogen and oxygen atoms in total. The Balaban J connectivity index is 1.68. The van der Waals surface area contributed by atoms with Gasteiger partial charge in [0.1, 0.15) is 11.4 Å². The van der Waals surface area contributed by atoms with Crippen molar-refractivity contribution >= 4 is 23.3 Å². The van der Waals surface area contributed by atoms with E-state index in [9.17, 15) is 9.90 Å². The molecule has 1 amide bonds. The summed E-state index contributed by atoms with van der Waals surface area (Å²) in [5, 5.41) is 15.8. The number of aliphatic hydroxyl groups is 1. The van der Waals surface area contributed by atoms with Gasteiger partial charge in [0, 0.05) is 11.0 Å². The molecule has 0 saturated heterocycles. The van der Waals surface area contributed by atoms with Crippen molar-refractivity contribution in [1.82, 2.24) is 5.32 Å². The van der Waals surface area contributed by atoms with Gasteiger partial charge in [-0.25, -0.2) is 0 Å². The van der Waals surface area contributed by atoms with Gasteiger partial charge in [0.2, 0.25) is 5.91 Å². The molecule has 5 heteroatoms. The predicted octanol–water partition coefficient (Wildman–Crippen LogP) is 3.11. The largest absolute Gasteiger partial charge is 0.497 e. The van der Waals surface area contributed by atoms with E-state index in [0.717, 1.165) is 34.6 Å². The van der Waals surface area contributed by atoms with Gasteiger partial charge in [-0.3, -0.25) is 4.79 Å². The third kappa shape index (κ3) is 3.68. The molecule has 0 fully saturated rings. The van der Waals surface area contributed by atoms with Crippen molar-refractivity contribution in [2.24, 2.45) is 0 Å². The van der Waals surface area contributed by atoms with Crippen molar-refractivity contribution in [3.05, 3.63) is 57.8 Å². The second-order valence-electron chi connectivity index (χ2n) is 5.97. The number of benzene rings is 1. The zero-order valence-electron chi connectivity index (χ0n) is 13.6. The number of carbonyl (C=O) groups excluding carboxylic acids is 1. The summed E-state index contributed by atoms with van der Waals surface area (Å²) in [6.45, 7) is 0.208. The van der Waals surface area contributed by atoms with Crippen LogP contribution in [0.2, 0.25) is 0 Å². The summed E-state index contributed by atoms with van der Waals surface area (Å²) in [4.78, 5) is 13.0. The van der Waals surface area contributed by atoms with Gasteiger partial charge in [0.05, 0.1) is 13.7 Å². The fourth-order valence-corrected chi connectivity index (χ4v) is 3.70. The average Bonchev–Trinajstić information content (AvgIpc) is 3.11. The minimum absolute atomic E-state index is 0.197. The molecule has 1 atom stereocenters. The van der Waals surface area contributed by atoms with Crippen LogP contribution < -0.4 is 10.1 Å². The van der Waals surface area contributed by atoms with Gasteiger partial charge in [-0.2, -0.15) is 0 Å². The summed E-state index contributed by atoms with van der Waals surface area (Å²) in [6, 6.07) is 9.62. The average molecular weight is 343 g/mol. The first-order chi connectivity index (χ1) is 11.6. The summed E-state index contributed by atoms with van der Waals surface area (Å²) in [5.74, 6) is 0.596. The van der Waals surface area contributed by atoms with Crippen LogP contribution in [-0.4, -0.2) is 24.7 Å². The lowest BCUT2D eigenvalue weighted by molar-refractivity contribution is -0.118. The Morgan fingerprint density at radius 2 is 2.33 bits per heavy atom. The molecule has 1 aliphatic rings. The second kappa shape index (κ2) is 7.20. The van der Waals surface area contributed by atoms with Gasteiger partial charge < -0.3 is 15.2 Å². The normalized spacial score (nSPS) is 19.9. The number of thiophene rings is 1. The zero-order chi connectivity index (χ0) is 17.0. The van der Waals surface area contributed by atoms with Gasteiger partial charge in [-0.1, -0.05) is 12.1 Å². The Labute approximate surface area is 145 Å². The minimum atomic E-state index is -1.02. The van der Waals surface area contributed by atoms with E-state index in [4.69, 9.17) is 4.74 Å². The number of amides is 1. The van der Waals surface area contributed by atoms with Crippen molar-refractivity contribution in [2.45, 2.75) is 24.9 Å². The molecule has 1 aliphatic carbocycles. The molecular formula is C19H21NO3S. The van der Waals surface area contributed by atoms with E-state index < -0.39 is 5.60 Å². The minimum Gasteiger partial charge on any atom is -0.497 e. The van der Waals surface area contributed by atoms with E-state index in [2.05, 4.69) is 5.32 Å². The van der Waals surface area contributed by atoms with Gasteiger partial charge in [0.15, 0.2) is 0 Å². The van der Waals surface area contributed by atoms with Crippen LogP contribution in [-0.2, 0) is 16.8 Å². The van der Waals surface area contributed by atoms with Crippen LogP contribution in [0.4, 0.5) is 0 Å². The fourth-order valence-electron chi connectivity index (χ4n) is 3.08. The maximum atomic E-state index is 12.0. The SMILES string of the molecule is COc1ccc2c(c1)CCC[C@]2(O)CNC(=O)/C=C/c1cccs1. The fraction of sp³-hybridized carbons (Fsp3) is 0.316. The summed E-state index contributed by atoms with van der Waals surface area (Å²) >= 11 is 1.58. The highest BCUT2D eigenvalue weighted by molar-refractivity contribution is 7.10. The lowest BCUT2D eigenvalue weighted by atomic mass is 9.79. The quantitative estimate of drug-likeness (QED) is 0.820. The van der Waals surface area contributed by atoms with Crippen molar-refractivity contribution in [1.29, 1.82) is 0 Å². The third-order valence-electron chi connectivity index (χ3n) is 4.35. The second-order valence-corrected chi connectivity index (χ2v) is 6.95. The maximum Gasteiger partial charge on any atom is 0.244 e. The number of carbonyl (C=O) groups is 1. The van der Waals surface area contributed by atoms with Crippen LogP contribution in [0, 0.1) is 0 Å². The van der Waals surface area contributed by atoms with E-state index in [1.54, 1.807) is 24.5 Å². The van der Waals surface area contributed by atoms with Crippen molar-refractivity contribution < 1.29 is 14.6 Å². The molecule has 1 aromatic carbocycles. The molecular weight excluding hydrogens is 322 g/mol. The zero-order valence-corrected chi connectivity index (χ0v) is 14.4. The summed E-state index contributed by atoms with van der Waals surface area (Å²) < 4.78 is 5.25. The molecule has 126 valence electrons. The van der Waals surface area contributed by atoms with Gasteiger partial charge in [-0.05, 0) is 60.0 Å². The van der Waals surface area contributed by atoms with Gasteiger partial charge in [0.25, 0.3) is 0 Å². The van der Waals surface area contributed by atoms with Gasteiger partial charge >= 0.3 is 0 Å². The lowest BCUT2D eigenvalue weighted by Gasteiger charge is -2.34. The standard InChI is InChI=1S/C19H21NO3S/c1-23-15-6-8-17-14(12-15)4-2-10-19(17,22)13-20-18(21)9-7-16-5-3-11-24-16/h3,5-9,11-12,22H,2,4,10,13H2,1H3,(H,20,21)/b9-7+/t19-/m0/s1. The molecule has 0 aliphatic heterocycles. The number of rotatable bonds is 5. The Morgan fingerprint density at radius 1 is 1.46 bits per heavy atom. The topological polar surface area (TPSA) is 58.6 Å². The highest BCUT2D eigenvalue weighted by Gasteiger charge is 2.34. The van der Waals surface area contributed by atoms with Crippen LogP contribution in [0.5, 0.6) is 5.75 Å². The number of ether oxygens (including phenoxy) is 1. The molecule has 2 N–H and O–H groups in total. The van der Waals surface area contributed by atoms with Crippen molar-refractivity contribution in [3.63, 3.8) is 0 Å². The molecule has 3 rings (SSSR count). The number of hydrogen-bond acceptors (Lipinski definition) is 4. The molecule has 1 aromatic heterocycles. The van der Waals surface area contributed by atoms with Crippen LogP contribution >= 0.6 is 11.3 Å². The molecule has 0 spiro atoms. The molecule has 24 heavy (non-hydrogen) atoms. The number of methoxy groups -OCH3 is 1. The maximum absolute atomic E-state index is 12.0. The number of aryl methyl sites for hydroxylation is 1. The Bertz CT molecular complexity index is 739. The van der Waals surface area contributed by atoms with Gasteiger partial charge in [-0.15, -0.1) is 11.3 Å². The Kier molecular flexibility index (Phi) is 5.02. The van der Waals surface area contributed by atoms with Crippen LogP contribution in [0.15, 0.2) is 41.8 Å².